The van der Waals surface area contributed by atoms with Crippen LogP contribution in [0.25, 0.3) is 0 Å². The first kappa shape index (κ1) is 15.9. The van der Waals surface area contributed by atoms with E-state index < -0.39 is 0 Å². The van der Waals surface area contributed by atoms with Gasteiger partial charge < -0.3 is 15.2 Å². The van der Waals surface area contributed by atoms with Crippen LogP contribution in [0.3, 0.4) is 0 Å². The molecule has 2 atom stereocenters. The first-order valence-corrected chi connectivity index (χ1v) is 7.45. The molecule has 1 saturated heterocycles. The summed E-state index contributed by atoms with van der Waals surface area (Å²) in [5.74, 6) is -0.0666. The van der Waals surface area contributed by atoms with Gasteiger partial charge in [0.15, 0.2) is 0 Å². The van der Waals surface area contributed by atoms with Crippen LogP contribution in [0.15, 0.2) is 30.3 Å². The zero-order valence-corrected chi connectivity index (χ0v) is 12.5. The van der Waals surface area contributed by atoms with Crippen molar-refractivity contribution >= 4 is 5.91 Å². The highest BCUT2D eigenvalue weighted by atomic mass is 16.5. The standard InChI is InChI=1S/C16H24N2O3/c1-13(12-19)17-16(20)9-15-11-18(7-8-21-15)10-14-5-3-2-4-6-14/h2-6,13,15,19H,7-12H2,1H3,(H,17,20). The van der Waals surface area contributed by atoms with E-state index in [9.17, 15) is 4.79 Å². The number of hydrogen-bond acceptors (Lipinski definition) is 4. The molecule has 1 aliphatic heterocycles. The minimum absolute atomic E-state index is 0.0443. The number of hydrogen-bond donors (Lipinski definition) is 2. The number of morpholine rings is 1. The monoisotopic (exact) mass is 292 g/mol. The van der Waals surface area contributed by atoms with Crippen molar-refractivity contribution in [3.63, 3.8) is 0 Å². The average Bonchev–Trinajstić information content (AvgIpc) is 2.48. The maximum absolute atomic E-state index is 11.8. The van der Waals surface area contributed by atoms with Gasteiger partial charge >= 0.3 is 0 Å². The Morgan fingerprint density at radius 1 is 1.48 bits per heavy atom. The molecule has 0 aliphatic carbocycles. The maximum Gasteiger partial charge on any atom is 0.222 e. The first-order chi connectivity index (χ1) is 10.2. The van der Waals surface area contributed by atoms with Crippen molar-refractivity contribution in [2.75, 3.05) is 26.3 Å². The van der Waals surface area contributed by atoms with E-state index in [-0.39, 0.29) is 24.7 Å². The van der Waals surface area contributed by atoms with Crippen LogP contribution in [0, 0.1) is 0 Å². The molecule has 1 aliphatic rings. The van der Waals surface area contributed by atoms with Crippen LogP contribution in [0.5, 0.6) is 0 Å². The van der Waals surface area contributed by atoms with E-state index in [1.165, 1.54) is 5.56 Å². The zero-order valence-electron chi connectivity index (χ0n) is 12.5. The van der Waals surface area contributed by atoms with Crippen molar-refractivity contribution < 1.29 is 14.6 Å². The van der Waals surface area contributed by atoms with Crippen LogP contribution in [-0.2, 0) is 16.1 Å². The minimum atomic E-state index is -0.207. The molecule has 116 valence electrons. The lowest BCUT2D eigenvalue weighted by Crippen LogP contribution is -2.45. The number of rotatable bonds is 6. The molecule has 21 heavy (non-hydrogen) atoms. The van der Waals surface area contributed by atoms with Crippen molar-refractivity contribution in [3.05, 3.63) is 35.9 Å². The molecule has 0 aromatic heterocycles. The van der Waals surface area contributed by atoms with Crippen molar-refractivity contribution in [2.24, 2.45) is 0 Å². The molecule has 2 unspecified atom stereocenters. The minimum Gasteiger partial charge on any atom is -0.394 e. The second-order valence-corrected chi connectivity index (χ2v) is 5.57. The van der Waals surface area contributed by atoms with Gasteiger partial charge in [0, 0.05) is 25.7 Å². The Labute approximate surface area is 125 Å². The van der Waals surface area contributed by atoms with Crippen LogP contribution in [0.4, 0.5) is 0 Å². The summed E-state index contributed by atoms with van der Waals surface area (Å²) in [5.41, 5.74) is 1.27. The fraction of sp³-hybridized carbons (Fsp3) is 0.562. The Morgan fingerprint density at radius 2 is 2.24 bits per heavy atom. The fourth-order valence-electron chi connectivity index (χ4n) is 2.48. The fourth-order valence-corrected chi connectivity index (χ4v) is 2.48. The van der Waals surface area contributed by atoms with Gasteiger partial charge in [-0.15, -0.1) is 0 Å². The third-order valence-corrected chi connectivity index (χ3v) is 3.57. The highest BCUT2D eigenvalue weighted by Crippen LogP contribution is 2.12. The molecule has 0 saturated carbocycles. The molecule has 0 bridgehead atoms. The van der Waals surface area contributed by atoms with Crippen LogP contribution in [-0.4, -0.2) is 54.4 Å². The maximum atomic E-state index is 11.8. The quantitative estimate of drug-likeness (QED) is 0.813. The summed E-state index contributed by atoms with van der Waals surface area (Å²) in [7, 11) is 0. The largest absolute Gasteiger partial charge is 0.394 e. The molecular formula is C16H24N2O3. The van der Waals surface area contributed by atoms with Crippen molar-refractivity contribution in [1.29, 1.82) is 0 Å². The van der Waals surface area contributed by atoms with Gasteiger partial charge in [0.05, 0.1) is 25.7 Å². The second-order valence-electron chi connectivity index (χ2n) is 5.57. The lowest BCUT2D eigenvalue weighted by molar-refractivity contribution is -0.127. The normalized spacial score (nSPS) is 21.0. The van der Waals surface area contributed by atoms with Crippen molar-refractivity contribution in [3.8, 4) is 0 Å². The summed E-state index contributed by atoms with van der Waals surface area (Å²) in [5, 5.41) is 11.7. The van der Waals surface area contributed by atoms with E-state index in [2.05, 4.69) is 22.3 Å². The highest BCUT2D eigenvalue weighted by molar-refractivity contribution is 5.76. The van der Waals surface area contributed by atoms with Gasteiger partial charge in [-0.1, -0.05) is 30.3 Å². The van der Waals surface area contributed by atoms with E-state index in [0.29, 0.717) is 13.0 Å². The molecule has 0 spiro atoms. The van der Waals surface area contributed by atoms with Crippen LogP contribution in [0.1, 0.15) is 18.9 Å². The molecule has 2 N–H and O–H groups in total. The average molecular weight is 292 g/mol. The van der Waals surface area contributed by atoms with E-state index >= 15 is 0 Å². The van der Waals surface area contributed by atoms with E-state index in [1.807, 2.05) is 18.2 Å². The summed E-state index contributed by atoms with van der Waals surface area (Å²) in [6.45, 7) is 4.92. The zero-order chi connectivity index (χ0) is 15.1. The topological polar surface area (TPSA) is 61.8 Å². The molecular weight excluding hydrogens is 268 g/mol. The molecule has 1 aromatic carbocycles. The number of aliphatic hydroxyl groups is 1. The van der Waals surface area contributed by atoms with Gasteiger partial charge in [0.2, 0.25) is 5.91 Å². The summed E-state index contributed by atoms with van der Waals surface area (Å²) in [6.07, 6.45) is 0.267. The van der Waals surface area contributed by atoms with Gasteiger partial charge in [0.25, 0.3) is 0 Å². The summed E-state index contributed by atoms with van der Waals surface area (Å²) in [4.78, 5) is 14.1. The van der Waals surface area contributed by atoms with Gasteiger partial charge in [-0.05, 0) is 12.5 Å². The molecule has 1 amide bonds. The van der Waals surface area contributed by atoms with Gasteiger partial charge in [0.1, 0.15) is 0 Å². The molecule has 5 nitrogen and oxygen atoms in total. The third kappa shape index (κ3) is 5.46. The predicted molar refractivity (Wildman–Crippen MR) is 80.8 cm³/mol. The van der Waals surface area contributed by atoms with E-state index in [4.69, 9.17) is 9.84 Å². The Kier molecular flexibility index (Phi) is 6.17. The summed E-state index contributed by atoms with van der Waals surface area (Å²) >= 11 is 0. The van der Waals surface area contributed by atoms with Crippen LogP contribution in [0.2, 0.25) is 0 Å². The summed E-state index contributed by atoms with van der Waals surface area (Å²) in [6, 6.07) is 10.1. The lowest BCUT2D eigenvalue weighted by Gasteiger charge is -2.32. The molecule has 1 heterocycles. The Bertz CT molecular complexity index is 438. The predicted octanol–water partition coefficient (Wildman–Crippen LogP) is 0.774. The first-order valence-electron chi connectivity index (χ1n) is 7.45. The van der Waals surface area contributed by atoms with Gasteiger partial charge in [-0.3, -0.25) is 9.69 Å². The Morgan fingerprint density at radius 3 is 2.95 bits per heavy atom. The van der Waals surface area contributed by atoms with Crippen LogP contribution >= 0.6 is 0 Å². The number of benzene rings is 1. The van der Waals surface area contributed by atoms with Gasteiger partial charge in [-0.25, -0.2) is 0 Å². The molecule has 0 radical (unpaired) electrons. The smallest absolute Gasteiger partial charge is 0.222 e. The molecule has 1 aromatic rings. The third-order valence-electron chi connectivity index (χ3n) is 3.57. The highest BCUT2D eigenvalue weighted by Gasteiger charge is 2.23. The Hall–Kier alpha value is -1.43. The van der Waals surface area contributed by atoms with Crippen molar-refractivity contribution in [1.82, 2.24) is 10.2 Å². The molecule has 2 rings (SSSR count). The number of aliphatic hydroxyl groups excluding tert-OH is 1. The second kappa shape index (κ2) is 8.12. The SMILES string of the molecule is CC(CO)NC(=O)CC1CN(Cc2ccccc2)CCO1. The lowest BCUT2D eigenvalue weighted by atomic mass is 10.1. The number of carbonyl (C=O) groups excluding carboxylic acids is 1. The van der Waals surface area contributed by atoms with Gasteiger partial charge in [-0.2, -0.15) is 0 Å². The number of nitrogens with one attached hydrogen (secondary N) is 1. The molecule has 5 heteroatoms. The molecule has 1 fully saturated rings. The van der Waals surface area contributed by atoms with E-state index in [0.717, 1.165) is 19.6 Å². The Balaban J connectivity index is 1.79. The van der Waals surface area contributed by atoms with Crippen molar-refractivity contribution in [2.45, 2.75) is 32.0 Å². The number of ether oxygens (including phenoxy) is 1. The number of carbonyl (C=O) groups is 1. The van der Waals surface area contributed by atoms with Crippen LogP contribution < -0.4 is 5.32 Å². The summed E-state index contributed by atoms with van der Waals surface area (Å²) < 4.78 is 5.67. The van der Waals surface area contributed by atoms with E-state index in [1.54, 1.807) is 6.92 Å². The number of nitrogens with zero attached hydrogens (tertiary/aromatic N) is 1. The number of amides is 1.